The van der Waals surface area contributed by atoms with Gasteiger partial charge in [-0.2, -0.15) is 18.3 Å². The highest BCUT2D eigenvalue weighted by Gasteiger charge is 2.27. The number of halogens is 3. The van der Waals surface area contributed by atoms with E-state index in [0.717, 1.165) is 5.69 Å². The molecule has 0 spiro atoms. The average Bonchev–Trinajstić information content (AvgIpc) is 2.56. The Kier molecular flexibility index (Phi) is 4.75. The molecule has 7 heteroatoms. The highest BCUT2D eigenvalue weighted by Crippen LogP contribution is 2.13. The van der Waals surface area contributed by atoms with Crippen molar-refractivity contribution >= 4 is 0 Å². The van der Waals surface area contributed by atoms with E-state index in [4.69, 9.17) is 0 Å². The fraction of sp³-hybridized carbons (Fsp3) is 0.667. The summed E-state index contributed by atoms with van der Waals surface area (Å²) >= 11 is 0. The van der Waals surface area contributed by atoms with E-state index < -0.39 is 12.8 Å². The highest BCUT2D eigenvalue weighted by molar-refractivity contribution is 4.97. The first-order valence-electron chi connectivity index (χ1n) is 4.81. The van der Waals surface area contributed by atoms with Crippen LogP contribution in [0.25, 0.3) is 0 Å². The number of alkyl halides is 3. The summed E-state index contributed by atoms with van der Waals surface area (Å²) in [6, 6.07) is 1.84. The second kappa shape index (κ2) is 5.86. The topological polar surface area (TPSA) is 39.1 Å². The summed E-state index contributed by atoms with van der Waals surface area (Å²) in [6.07, 6.45) is -2.45. The molecular weight excluding hydrogens is 223 g/mol. The predicted molar refractivity (Wildman–Crippen MR) is 51.8 cm³/mol. The van der Waals surface area contributed by atoms with Crippen LogP contribution in [-0.4, -0.2) is 35.7 Å². The number of ether oxygens (including phenoxy) is 1. The molecule has 1 N–H and O–H groups in total. The van der Waals surface area contributed by atoms with E-state index in [-0.39, 0.29) is 6.61 Å². The third-order valence-corrected chi connectivity index (χ3v) is 1.76. The molecule has 0 aromatic carbocycles. The number of hydrogen-bond donors (Lipinski definition) is 1. The third-order valence-electron chi connectivity index (χ3n) is 1.76. The van der Waals surface area contributed by atoms with Crippen molar-refractivity contribution in [3.05, 3.63) is 18.0 Å². The number of aryl methyl sites for hydroxylation is 1. The normalized spacial score (nSPS) is 12.0. The minimum absolute atomic E-state index is 0.0341. The molecule has 1 rings (SSSR count). The Morgan fingerprint density at radius 1 is 1.50 bits per heavy atom. The fourth-order valence-corrected chi connectivity index (χ4v) is 1.11. The average molecular weight is 237 g/mol. The second-order valence-corrected chi connectivity index (χ2v) is 3.33. The molecule has 0 saturated heterocycles. The van der Waals surface area contributed by atoms with Gasteiger partial charge in [-0.1, -0.05) is 0 Å². The van der Waals surface area contributed by atoms with Gasteiger partial charge in [-0.3, -0.25) is 4.68 Å². The molecule has 0 aliphatic carbocycles. The van der Waals surface area contributed by atoms with Crippen LogP contribution in [0.15, 0.2) is 12.3 Å². The number of hydrogen-bond acceptors (Lipinski definition) is 3. The minimum Gasteiger partial charge on any atom is -0.371 e. The zero-order valence-corrected chi connectivity index (χ0v) is 8.92. The van der Waals surface area contributed by atoms with Crippen LogP contribution in [0.3, 0.4) is 0 Å². The Balaban J connectivity index is 2.00. The lowest BCUT2D eigenvalue weighted by Gasteiger charge is -2.07. The van der Waals surface area contributed by atoms with Crippen LogP contribution >= 0.6 is 0 Å². The maximum absolute atomic E-state index is 11.7. The number of nitrogens with one attached hydrogen (secondary N) is 1. The van der Waals surface area contributed by atoms with Gasteiger partial charge < -0.3 is 10.1 Å². The Labute approximate surface area is 91.4 Å². The van der Waals surface area contributed by atoms with Crippen LogP contribution < -0.4 is 5.32 Å². The zero-order valence-electron chi connectivity index (χ0n) is 8.92. The molecule has 0 aliphatic heterocycles. The minimum atomic E-state index is -4.25. The Morgan fingerprint density at radius 2 is 2.25 bits per heavy atom. The van der Waals surface area contributed by atoms with E-state index in [9.17, 15) is 13.2 Å². The molecule has 92 valence electrons. The first-order valence-corrected chi connectivity index (χ1v) is 4.81. The van der Waals surface area contributed by atoms with Crippen molar-refractivity contribution in [3.8, 4) is 0 Å². The second-order valence-electron chi connectivity index (χ2n) is 3.33. The van der Waals surface area contributed by atoms with Crippen LogP contribution in [0.1, 0.15) is 5.69 Å². The molecule has 0 bridgehead atoms. The van der Waals surface area contributed by atoms with Crippen LogP contribution in [0.4, 0.5) is 13.2 Å². The van der Waals surface area contributed by atoms with E-state index in [0.29, 0.717) is 13.1 Å². The largest absolute Gasteiger partial charge is 0.411 e. The van der Waals surface area contributed by atoms with Crippen molar-refractivity contribution in [1.82, 2.24) is 15.1 Å². The standard InChI is InChI=1S/C9H14F3N3O/c1-15-4-2-8(14-15)6-13-3-5-16-7-9(10,11)12/h2,4,13H,3,5-7H2,1H3. The Hall–Kier alpha value is -1.08. The van der Waals surface area contributed by atoms with Gasteiger partial charge in [0.05, 0.1) is 12.3 Å². The molecular formula is C9H14F3N3O. The van der Waals surface area contributed by atoms with E-state index in [2.05, 4.69) is 15.2 Å². The Morgan fingerprint density at radius 3 is 2.81 bits per heavy atom. The van der Waals surface area contributed by atoms with Crippen molar-refractivity contribution in [2.24, 2.45) is 7.05 Å². The van der Waals surface area contributed by atoms with Gasteiger partial charge >= 0.3 is 6.18 Å². The van der Waals surface area contributed by atoms with Gasteiger partial charge in [0.1, 0.15) is 6.61 Å². The number of aromatic nitrogens is 2. The van der Waals surface area contributed by atoms with Crippen molar-refractivity contribution in [2.75, 3.05) is 19.8 Å². The van der Waals surface area contributed by atoms with E-state index in [1.807, 2.05) is 6.07 Å². The van der Waals surface area contributed by atoms with E-state index in [1.54, 1.807) is 17.9 Å². The first-order chi connectivity index (χ1) is 7.47. The van der Waals surface area contributed by atoms with Crippen LogP contribution in [0, 0.1) is 0 Å². The molecule has 4 nitrogen and oxygen atoms in total. The molecule has 0 amide bonds. The van der Waals surface area contributed by atoms with Gasteiger partial charge in [-0.25, -0.2) is 0 Å². The fourth-order valence-electron chi connectivity index (χ4n) is 1.11. The molecule has 0 saturated carbocycles. The number of rotatable bonds is 6. The van der Waals surface area contributed by atoms with Gasteiger partial charge in [0.2, 0.25) is 0 Å². The molecule has 0 aliphatic rings. The SMILES string of the molecule is Cn1ccc(CNCCOCC(F)(F)F)n1. The van der Waals surface area contributed by atoms with Crippen LogP contribution in [0.2, 0.25) is 0 Å². The van der Waals surface area contributed by atoms with Crippen LogP contribution in [-0.2, 0) is 18.3 Å². The van der Waals surface area contributed by atoms with Crippen molar-refractivity contribution in [2.45, 2.75) is 12.7 Å². The summed E-state index contributed by atoms with van der Waals surface area (Å²) in [5.41, 5.74) is 0.846. The maximum atomic E-state index is 11.7. The molecule has 0 atom stereocenters. The molecule has 0 unspecified atom stereocenters. The monoisotopic (exact) mass is 237 g/mol. The highest BCUT2D eigenvalue weighted by atomic mass is 19.4. The van der Waals surface area contributed by atoms with Crippen LogP contribution in [0.5, 0.6) is 0 Å². The van der Waals surface area contributed by atoms with Crippen molar-refractivity contribution in [1.29, 1.82) is 0 Å². The Bertz CT molecular complexity index is 311. The molecule has 1 aromatic rings. The van der Waals surface area contributed by atoms with Crippen molar-refractivity contribution in [3.63, 3.8) is 0 Å². The molecule has 16 heavy (non-hydrogen) atoms. The number of nitrogens with zero attached hydrogens (tertiary/aromatic N) is 2. The van der Waals surface area contributed by atoms with E-state index in [1.165, 1.54) is 0 Å². The molecule has 1 aromatic heterocycles. The molecule has 0 radical (unpaired) electrons. The predicted octanol–water partition coefficient (Wildman–Crippen LogP) is 1.09. The summed E-state index contributed by atoms with van der Waals surface area (Å²) in [5, 5.41) is 7.03. The molecule has 1 heterocycles. The molecule has 0 fully saturated rings. The lowest BCUT2D eigenvalue weighted by atomic mass is 10.4. The first kappa shape index (κ1) is 13.0. The lowest BCUT2D eigenvalue weighted by molar-refractivity contribution is -0.173. The van der Waals surface area contributed by atoms with Gasteiger partial charge in [0, 0.05) is 26.3 Å². The van der Waals surface area contributed by atoms with E-state index >= 15 is 0 Å². The third kappa shape index (κ3) is 5.72. The van der Waals surface area contributed by atoms with Gasteiger partial charge in [-0.15, -0.1) is 0 Å². The smallest absolute Gasteiger partial charge is 0.371 e. The van der Waals surface area contributed by atoms with Gasteiger partial charge in [0.15, 0.2) is 0 Å². The summed E-state index contributed by atoms with van der Waals surface area (Å²) in [7, 11) is 1.80. The summed E-state index contributed by atoms with van der Waals surface area (Å²) in [6.45, 7) is -0.270. The maximum Gasteiger partial charge on any atom is 0.411 e. The van der Waals surface area contributed by atoms with Gasteiger partial charge in [0.25, 0.3) is 0 Å². The van der Waals surface area contributed by atoms with Crippen molar-refractivity contribution < 1.29 is 17.9 Å². The summed E-state index contributed by atoms with van der Waals surface area (Å²) in [4.78, 5) is 0. The lowest BCUT2D eigenvalue weighted by Crippen LogP contribution is -2.23. The quantitative estimate of drug-likeness (QED) is 0.753. The summed E-state index contributed by atoms with van der Waals surface area (Å²) in [5.74, 6) is 0. The van der Waals surface area contributed by atoms with Gasteiger partial charge in [-0.05, 0) is 6.07 Å². The summed E-state index contributed by atoms with van der Waals surface area (Å²) < 4.78 is 41.1. The zero-order chi connectivity index (χ0) is 12.0.